The van der Waals surface area contributed by atoms with Gasteiger partial charge in [0.1, 0.15) is 5.69 Å². The molecule has 8 heteroatoms. The molecule has 3 N–H and O–H groups in total. The Bertz CT molecular complexity index is 586. The molecule has 1 amide bonds. The number of nitrogens with two attached hydrogens (primary N) is 1. The van der Waals surface area contributed by atoms with Crippen molar-refractivity contribution >= 4 is 23.3 Å². The highest BCUT2D eigenvalue weighted by atomic mass is 16.6. The lowest BCUT2D eigenvalue weighted by molar-refractivity contribution is -0.384. The molecule has 8 nitrogen and oxygen atoms in total. The first-order chi connectivity index (χ1) is 9.43. The summed E-state index contributed by atoms with van der Waals surface area (Å²) in [7, 11) is 0. The van der Waals surface area contributed by atoms with Gasteiger partial charge in [0.05, 0.1) is 10.5 Å². The van der Waals surface area contributed by atoms with Gasteiger partial charge in [0.2, 0.25) is 5.91 Å². The van der Waals surface area contributed by atoms with E-state index in [-0.39, 0.29) is 29.5 Å². The minimum Gasteiger partial charge on any atom is -0.478 e. The quantitative estimate of drug-likeness (QED) is 0.614. The zero-order valence-corrected chi connectivity index (χ0v) is 10.5. The lowest BCUT2D eigenvalue weighted by atomic mass is 10.1. The number of rotatable bonds is 4. The number of aromatic carboxylic acids is 1. The van der Waals surface area contributed by atoms with Crippen LogP contribution in [0.15, 0.2) is 18.2 Å². The van der Waals surface area contributed by atoms with Gasteiger partial charge in [-0.2, -0.15) is 0 Å². The molecule has 1 unspecified atom stereocenters. The van der Waals surface area contributed by atoms with E-state index in [0.29, 0.717) is 13.1 Å². The Kier molecular flexibility index (Phi) is 3.66. The van der Waals surface area contributed by atoms with Crippen LogP contribution >= 0.6 is 0 Å². The number of nitro groups is 1. The van der Waals surface area contributed by atoms with Crippen LogP contribution in [0, 0.1) is 16.0 Å². The number of nitro benzene ring substituents is 1. The van der Waals surface area contributed by atoms with Crippen LogP contribution in [0.25, 0.3) is 0 Å². The first kappa shape index (κ1) is 13.9. The Morgan fingerprint density at radius 3 is 2.75 bits per heavy atom. The average molecular weight is 279 g/mol. The molecule has 1 saturated heterocycles. The van der Waals surface area contributed by atoms with Crippen LogP contribution in [0.2, 0.25) is 0 Å². The average Bonchev–Trinajstić information content (AvgIpc) is 2.79. The van der Waals surface area contributed by atoms with Crippen molar-refractivity contribution in [3.05, 3.63) is 33.9 Å². The molecule has 0 radical (unpaired) electrons. The minimum absolute atomic E-state index is 0.0405. The minimum atomic E-state index is -1.26. The van der Waals surface area contributed by atoms with Crippen LogP contribution in [0.1, 0.15) is 16.8 Å². The molecule has 1 aliphatic rings. The standard InChI is InChI=1S/C12H13N3O5/c13-5-7-3-11(16)14(6-7)9-2-1-8(12(17)18)4-10(9)15(19)20/h1-2,4,7H,3,5-6,13H2,(H,17,18). The van der Waals surface area contributed by atoms with Crippen molar-refractivity contribution in [1.82, 2.24) is 0 Å². The molecule has 0 aromatic heterocycles. The van der Waals surface area contributed by atoms with Crippen LogP contribution in [-0.4, -0.2) is 35.0 Å². The van der Waals surface area contributed by atoms with Crippen LogP contribution in [0.4, 0.5) is 11.4 Å². The third-order valence-corrected chi connectivity index (χ3v) is 3.25. The summed E-state index contributed by atoms with van der Waals surface area (Å²) >= 11 is 0. The summed E-state index contributed by atoms with van der Waals surface area (Å²) in [5.41, 5.74) is 5.03. The maximum Gasteiger partial charge on any atom is 0.335 e. The molecule has 0 saturated carbocycles. The molecular weight excluding hydrogens is 266 g/mol. The number of hydrogen-bond donors (Lipinski definition) is 2. The molecule has 1 atom stereocenters. The molecule has 1 aromatic rings. The van der Waals surface area contributed by atoms with Gasteiger partial charge in [-0.1, -0.05) is 0 Å². The number of anilines is 1. The molecule has 2 rings (SSSR count). The van der Waals surface area contributed by atoms with Crippen LogP contribution in [0.5, 0.6) is 0 Å². The Labute approximate surface area is 113 Å². The van der Waals surface area contributed by atoms with Crippen molar-refractivity contribution in [2.45, 2.75) is 6.42 Å². The summed E-state index contributed by atoms with van der Waals surface area (Å²) in [5.74, 6) is -1.54. The molecular formula is C12H13N3O5. The second kappa shape index (κ2) is 5.25. The van der Waals surface area contributed by atoms with Crippen molar-refractivity contribution < 1.29 is 19.6 Å². The smallest absolute Gasteiger partial charge is 0.335 e. The Hall–Kier alpha value is -2.48. The number of carbonyl (C=O) groups is 2. The van der Waals surface area contributed by atoms with Gasteiger partial charge in [-0.15, -0.1) is 0 Å². The number of hydrogen-bond acceptors (Lipinski definition) is 5. The zero-order valence-electron chi connectivity index (χ0n) is 10.5. The maximum atomic E-state index is 11.9. The Balaban J connectivity index is 2.44. The third kappa shape index (κ3) is 2.45. The van der Waals surface area contributed by atoms with E-state index in [1.165, 1.54) is 17.0 Å². The van der Waals surface area contributed by atoms with E-state index >= 15 is 0 Å². The molecule has 1 aliphatic heterocycles. The van der Waals surface area contributed by atoms with E-state index in [1.54, 1.807) is 0 Å². The van der Waals surface area contributed by atoms with Crippen molar-refractivity contribution in [2.24, 2.45) is 11.7 Å². The van der Waals surface area contributed by atoms with E-state index in [1.807, 2.05) is 0 Å². The van der Waals surface area contributed by atoms with Gasteiger partial charge in [-0.25, -0.2) is 4.79 Å². The van der Waals surface area contributed by atoms with Gasteiger partial charge in [-0.05, 0) is 24.6 Å². The fourth-order valence-electron chi connectivity index (χ4n) is 2.20. The molecule has 20 heavy (non-hydrogen) atoms. The lowest BCUT2D eigenvalue weighted by Crippen LogP contribution is -2.26. The summed E-state index contributed by atoms with van der Waals surface area (Å²) in [6.45, 7) is 0.631. The number of carboxylic acid groups (broad SMARTS) is 1. The van der Waals surface area contributed by atoms with Gasteiger partial charge < -0.3 is 15.7 Å². The second-order valence-corrected chi connectivity index (χ2v) is 4.58. The molecule has 0 bridgehead atoms. The molecule has 1 aromatic carbocycles. The van der Waals surface area contributed by atoms with Crippen LogP contribution in [0.3, 0.4) is 0 Å². The van der Waals surface area contributed by atoms with Gasteiger partial charge in [-0.3, -0.25) is 14.9 Å². The van der Waals surface area contributed by atoms with Crippen LogP contribution in [-0.2, 0) is 4.79 Å². The van der Waals surface area contributed by atoms with E-state index < -0.39 is 16.6 Å². The Morgan fingerprint density at radius 1 is 1.55 bits per heavy atom. The monoisotopic (exact) mass is 279 g/mol. The van der Waals surface area contributed by atoms with Gasteiger partial charge >= 0.3 is 5.97 Å². The number of nitrogens with zero attached hydrogens (tertiary/aromatic N) is 2. The van der Waals surface area contributed by atoms with Crippen LogP contribution < -0.4 is 10.6 Å². The Morgan fingerprint density at radius 2 is 2.25 bits per heavy atom. The summed E-state index contributed by atoms with van der Waals surface area (Å²) in [6, 6.07) is 3.49. The SMILES string of the molecule is NCC1CC(=O)N(c2ccc(C(=O)O)cc2[N+](=O)[O-])C1. The summed E-state index contributed by atoms with van der Waals surface area (Å²) in [4.78, 5) is 34.4. The fourth-order valence-corrected chi connectivity index (χ4v) is 2.20. The van der Waals surface area contributed by atoms with Gasteiger partial charge in [0.25, 0.3) is 5.69 Å². The van der Waals surface area contributed by atoms with Crippen molar-refractivity contribution in [3.8, 4) is 0 Å². The first-order valence-corrected chi connectivity index (χ1v) is 5.96. The van der Waals surface area contributed by atoms with Crippen molar-refractivity contribution in [3.63, 3.8) is 0 Å². The largest absolute Gasteiger partial charge is 0.478 e. The highest BCUT2D eigenvalue weighted by molar-refractivity contribution is 5.99. The number of carboxylic acids is 1. The predicted octanol–water partition coefficient (Wildman–Crippen LogP) is 0.605. The first-order valence-electron chi connectivity index (χ1n) is 5.96. The van der Waals surface area contributed by atoms with E-state index in [2.05, 4.69) is 0 Å². The van der Waals surface area contributed by atoms with E-state index in [4.69, 9.17) is 10.8 Å². The lowest BCUT2D eigenvalue weighted by Gasteiger charge is -2.16. The zero-order chi connectivity index (χ0) is 14.9. The molecule has 1 fully saturated rings. The topological polar surface area (TPSA) is 127 Å². The van der Waals surface area contributed by atoms with E-state index in [9.17, 15) is 19.7 Å². The normalized spacial score (nSPS) is 18.4. The second-order valence-electron chi connectivity index (χ2n) is 4.58. The third-order valence-electron chi connectivity index (χ3n) is 3.25. The molecule has 106 valence electrons. The summed E-state index contributed by atoms with van der Waals surface area (Å²) in [6.07, 6.45) is 0.244. The number of benzene rings is 1. The summed E-state index contributed by atoms with van der Waals surface area (Å²) in [5, 5.41) is 19.9. The number of carbonyl (C=O) groups excluding carboxylic acids is 1. The summed E-state index contributed by atoms with van der Waals surface area (Å²) < 4.78 is 0. The number of amides is 1. The predicted molar refractivity (Wildman–Crippen MR) is 69.6 cm³/mol. The fraction of sp³-hybridized carbons (Fsp3) is 0.333. The van der Waals surface area contributed by atoms with Crippen molar-refractivity contribution in [1.29, 1.82) is 0 Å². The van der Waals surface area contributed by atoms with Crippen molar-refractivity contribution in [2.75, 3.05) is 18.0 Å². The maximum absolute atomic E-state index is 11.9. The molecule has 0 spiro atoms. The highest BCUT2D eigenvalue weighted by Crippen LogP contribution is 2.33. The molecule has 0 aliphatic carbocycles. The molecule has 1 heterocycles. The van der Waals surface area contributed by atoms with E-state index in [0.717, 1.165) is 6.07 Å². The van der Waals surface area contributed by atoms with Gasteiger partial charge in [0, 0.05) is 19.0 Å². The highest BCUT2D eigenvalue weighted by Gasteiger charge is 2.33. The van der Waals surface area contributed by atoms with Gasteiger partial charge in [0.15, 0.2) is 0 Å².